The Morgan fingerprint density at radius 2 is 1.85 bits per heavy atom. The molecule has 1 N–H and O–H groups in total. The first kappa shape index (κ1) is 17.5. The minimum Gasteiger partial charge on any atom is -0.454 e. The van der Waals surface area contributed by atoms with Crippen LogP contribution in [0.25, 0.3) is 11.1 Å². The number of aromatic nitrogens is 1. The Kier molecular flexibility index (Phi) is 5.17. The summed E-state index contributed by atoms with van der Waals surface area (Å²) < 4.78 is 11.2. The van der Waals surface area contributed by atoms with Gasteiger partial charge in [0.15, 0.2) is 12.2 Å². The number of ether oxygens (including phenoxy) is 1. The van der Waals surface area contributed by atoms with Gasteiger partial charge >= 0.3 is 11.7 Å². The van der Waals surface area contributed by atoms with Gasteiger partial charge in [-0.3, -0.25) is 14.2 Å². The van der Waals surface area contributed by atoms with E-state index in [1.54, 1.807) is 36.4 Å². The molecule has 134 valence electrons. The third-order valence-corrected chi connectivity index (χ3v) is 3.87. The number of benzene rings is 2. The molecule has 0 atom stereocenters. The molecule has 0 spiro atoms. The molecule has 0 bridgehead atoms. The van der Waals surface area contributed by atoms with E-state index in [-0.39, 0.29) is 6.54 Å². The van der Waals surface area contributed by atoms with Gasteiger partial charge in [-0.05, 0) is 36.2 Å². The molecule has 0 unspecified atom stereocenters. The van der Waals surface area contributed by atoms with Crippen molar-refractivity contribution in [3.8, 4) is 0 Å². The van der Waals surface area contributed by atoms with Crippen molar-refractivity contribution in [2.75, 3.05) is 11.9 Å². The highest BCUT2D eigenvalue weighted by molar-refractivity contribution is 5.92. The van der Waals surface area contributed by atoms with E-state index in [0.717, 1.165) is 12.0 Å². The summed E-state index contributed by atoms with van der Waals surface area (Å²) in [4.78, 5) is 35.6. The van der Waals surface area contributed by atoms with E-state index in [4.69, 9.17) is 9.15 Å². The molecule has 1 heterocycles. The highest BCUT2D eigenvalue weighted by Gasteiger charge is 2.14. The molecule has 1 amide bonds. The number of esters is 1. The molecule has 2 aromatic carbocycles. The zero-order valence-electron chi connectivity index (χ0n) is 14.2. The maximum atomic E-state index is 11.9. The fourth-order valence-electron chi connectivity index (χ4n) is 2.51. The predicted octanol–water partition coefficient (Wildman–Crippen LogP) is 2.34. The Morgan fingerprint density at radius 1 is 1.12 bits per heavy atom. The van der Waals surface area contributed by atoms with Crippen LogP contribution < -0.4 is 11.1 Å². The van der Waals surface area contributed by atoms with Crippen molar-refractivity contribution in [3.63, 3.8) is 0 Å². The first-order valence-electron chi connectivity index (χ1n) is 8.19. The van der Waals surface area contributed by atoms with Gasteiger partial charge in [-0.15, -0.1) is 0 Å². The highest BCUT2D eigenvalue weighted by Crippen LogP contribution is 2.12. The summed E-state index contributed by atoms with van der Waals surface area (Å²) in [6.07, 6.45) is 0.911. The Balaban J connectivity index is 1.55. The van der Waals surface area contributed by atoms with Crippen molar-refractivity contribution in [1.29, 1.82) is 0 Å². The molecule has 0 saturated carbocycles. The number of hydrogen-bond donors (Lipinski definition) is 1. The summed E-state index contributed by atoms with van der Waals surface area (Å²) in [6.45, 7) is 1.29. The summed E-state index contributed by atoms with van der Waals surface area (Å²) in [5.74, 6) is -1.80. The number of fused-ring (bicyclic) bond motifs is 1. The summed E-state index contributed by atoms with van der Waals surface area (Å²) in [5, 5.41) is 2.65. The van der Waals surface area contributed by atoms with Gasteiger partial charge in [0.2, 0.25) is 0 Å². The van der Waals surface area contributed by atoms with Gasteiger partial charge in [-0.2, -0.15) is 0 Å². The molecule has 0 aliphatic heterocycles. The van der Waals surface area contributed by atoms with Crippen LogP contribution in [-0.4, -0.2) is 23.1 Å². The van der Waals surface area contributed by atoms with Crippen LogP contribution in [0.4, 0.5) is 5.69 Å². The molecule has 0 radical (unpaired) electrons. The van der Waals surface area contributed by atoms with E-state index < -0.39 is 24.2 Å². The van der Waals surface area contributed by atoms with Crippen LogP contribution in [0.15, 0.2) is 57.7 Å². The van der Waals surface area contributed by atoms with E-state index in [1.807, 2.05) is 19.1 Å². The number of hydrogen-bond acceptors (Lipinski definition) is 5. The fraction of sp³-hybridized carbons (Fsp3) is 0.211. The number of carbonyl (C=O) groups is 2. The van der Waals surface area contributed by atoms with Crippen LogP contribution in [0, 0.1) is 0 Å². The molecule has 7 nitrogen and oxygen atoms in total. The number of rotatable bonds is 6. The van der Waals surface area contributed by atoms with Gasteiger partial charge in [0, 0.05) is 5.69 Å². The van der Waals surface area contributed by atoms with Crippen molar-refractivity contribution < 1.29 is 18.7 Å². The van der Waals surface area contributed by atoms with E-state index in [1.165, 1.54) is 4.57 Å². The summed E-state index contributed by atoms with van der Waals surface area (Å²) in [7, 11) is 0. The molecule has 0 aliphatic carbocycles. The number of oxazole rings is 1. The standard InChI is InChI=1S/C19H18N2O5/c1-2-13-7-9-14(10-8-13)20-17(22)12-25-18(23)11-21-15-5-3-4-6-16(15)26-19(21)24/h3-10H,2,11-12H2,1H3,(H,20,22). The van der Waals surface area contributed by atoms with Crippen LogP contribution in [0.1, 0.15) is 12.5 Å². The van der Waals surface area contributed by atoms with E-state index in [0.29, 0.717) is 16.8 Å². The van der Waals surface area contributed by atoms with Crippen molar-refractivity contribution in [3.05, 3.63) is 64.6 Å². The predicted molar refractivity (Wildman–Crippen MR) is 95.9 cm³/mol. The van der Waals surface area contributed by atoms with Gasteiger partial charge in [0.1, 0.15) is 6.54 Å². The summed E-state index contributed by atoms with van der Waals surface area (Å²) in [5.41, 5.74) is 2.67. The molecule has 1 aromatic heterocycles. The number of nitrogens with zero attached hydrogens (tertiary/aromatic N) is 1. The minimum absolute atomic E-state index is 0.325. The number of para-hydroxylation sites is 2. The molecule has 26 heavy (non-hydrogen) atoms. The molecule has 0 fully saturated rings. The highest BCUT2D eigenvalue weighted by atomic mass is 16.5. The average molecular weight is 354 g/mol. The summed E-state index contributed by atoms with van der Waals surface area (Å²) >= 11 is 0. The van der Waals surface area contributed by atoms with E-state index in [2.05, 4.69) is 5.32 Å². The third kappa shape index (κ3) is 4.00. The van der Waals surface area contributed by atoms with Crippen LogP contribution >= 0.6 is 0 Å². The van der Waals surface area contributed by atoms with Crippen LogP contribution in [0.2, 0.25) is 0 Å². The van der Waals surface area contributed by atoms with Crippen molar-refractivity contribution in [2.45, 2.75) is 19.9 Å². The second kappa shape index (κ2) is 7.69. The Labute approximate surface area is 149 Å². The fourth-order valence-corrected chi connectivity index (χ4v) is 2.51. The Morgan fingerprint density at radius 3 is 2.58 bits per heavy atom. The largest absolute Gasteiger partial charge is 0.454 e. The first-order valence-corrected chi connectivity index (χ1v) is 8.19. The lowest BCUT2D eigenvalue weighted by Gasteiger charge is -2.07. The Hall–Kier alpha value is -3.35. The number of anilines is 1. The van der Waals surface area contributed by atoms with Gasteiger partial charge < -0.3 is 14.5 Å². The molecular formula is C19H18N2O5. The normalized spacial score (nSPS) is 10.7. The average Bonchev–Trinajstić information content (AvgIpc) is 2.96. The third-order valence-electron chi connectivity index (χ3n) is 3.87. The van der Waals surface area contributed by atoms with Crippen molar-refractivity contribution in [2.24, 2.45) is 0 Å². The van der Waals surface area contributed by atoms with Gasteiger partial charge in [0.25, 0.3) is 5.91 Å². The SMILES string of the molecule is CCc1ccc(NC(=O)COC(=O)Cn2c(=O)oc3ccccc32)cc1. The lowest BCUT2D eigenvalue weighted by atomic mass is 10.1. The first-order chi connectivity index (χ1) is 12.6. The quantitative estimate of drug-likeness (QED) is 0.686. The lowest BCUT2D eigenvalue weighted by Crippen LogP contribution is -2.25. The molecule has 7 heteroatoms. The maximum Gasteiger partial charge on any atom is 0.420 e. The Bertz CT molecular complexity index is 985. The smallest absolute Gasteiger partial charge is 0.420 e. The van der Waals surface area contributed by atoms with E-state index >= 15 is 0 Å². The van der Waals surface area contributed by atoms with Crippen molar-refractivity contribution in [1.82, 2.24) is 4.57 Å². The zero-order valence-corrected chi connectivity index (χ0v) is 14.2. The number of carbonyl (C=O) groups excluding carboxylic acids is 2. The summed E-state index contributed by atoms with van der Waals surface area (Å²) in [6, 6.07) is 14.2. The van der Waals surface area contributed by atoms with Crippen LogP contribution in [-0.2, 0) is 27.3 Å². The second-order valence-electron chi connectivity index (χ2n) is 5.68. The molecule has 3 rings (SSSR count). The number of aryl methyl sites for hydroxylation is 1. The van der Waals surface area contributed by atoms with Crippen molar-refractivity contribution >= 4 is 28.7 Å². The maximum absolute atomic E-state index is 11.9. The lowest BCUT2D eigenvalue weighted by molar-refractivity contribution is -0.147. The molecule has 0 aliphatic rings. The van der Waals surface area contributed by atoms with Gasteiger partial charge in [-0.1, -0.05) is 31.2 Å². The number of nitrogens with one attached hydrogen (secondary N) is 1. The van der Waals surface area contributed by atoms with Crippen LogP contribution in [0.3, 0.4) is 0 Å². The van der Waals surface area contributed by atoms with E-state index in [9.17, 15) is 14.4 Å². The molecular weight excluding hydrogens is 336 g/mol. The minimum atomic E-state index is -0.699. The molecule has 3 aromatic rings. The monoisotopic (exact) mass is 354 g/mol. The second-order valence-corrected chi connectivity index (χ2v) is 5.68. The number of amides is 1. The zero-order chi connectivity index (χ0) is 18.5. The molecule has 0 saturated heterocycles. The van der Waals surface area contributed by atoms with Gasteiger partial charge in [0.05, 0.1) is 5.52 Å². The van der Waals surface area contributed by atoms with Crippen LogP contribution in [0.5, 0.6) is 0 Å². The van der Waals surface area contributed by atoms with Gasteiger partial charge in [-0.25, -0.2) is 4.79 Å². The topological polar surface area (TPSA) is 90.5 Å².